The van der Waals surface area contributed by atoms with Gasteiger partial charge in [-0.15, -0.1) is 0 Å². The van der Waals surface area contributed by atoms with E-state index < -0.39 is 23.9 Å². The highest BCUT2D eigenvalue weighted by Gasteiger charge is 2.36. The van der Waals surface area contributed by atoms with E-state index in [4.69, 9.17) is 14.8 Å². The highest BCUT2D eigenvalue weighted by atomic mass is 19.4. The van der Waals surface area contributed by atoms with Crippen molar-refractivity contribution in [3.63, 3.8) is 0 Å². The highest BCUT2D eigenvalue weighted by Crippen LogP contribution is 2.39. The molecule has 16 heteroatoms. The van der Waals surface area contributed by atoms with Gasteiger partial charge in [-0.05, 0) is 87.9 Å². The number of urea groups is 1. The Kier molecular flexibility index (Phi) is 10.5. The SMILES string of the molecule is CCc1cc(-c2cc(NC(=O)Nc3ccc(OC4CCN(C)CC4)c(C(F)(F)F)c3)nn2C)cc2cnc(N[C@H]3CC[C@H](NC(=O)O)CC3)nc12. The smallest absolute Gasteiger partial charge is 0.420 e. The van der Waals surface area contributed by atoms with Crippen LogP contribution in [0.25, 0.3) is 22.2 Å². The molecule has 0 bridgehead atoms. The fourth-order valence-electron chi connectivity index (χ4n) is 6.74. The molecule has 1 aliphatic carbocycles. The quantitative estimate of drug-likeness (QED) is 0.127. The van der Waals surface area contributed by atoms with Crippen LogP contribution in [0.3, 0.4) is 0 Å². The number of aromatic nitrogens is 4. The van der Waals surface area contributed by atoms with Gasteiger partial charge in [0.1, 0.15) is 11.9 Å². The van der Waals surface area contributed by atoms with Crippen molar-refractivity contribution in [2.75, 3.05) is 36.1 Å². The molecular weight excluding hydrogens is 667 g/mol. The van der Waals surface area contributed by atoms with Crippen LogP contribution in [0, 0.1) is 0 Å². The van der Waals surface area contributed by atoms with E-state index in [0.29, 0.717) is 30.9 Å². The summed E-state index contributed by atoms with van der Waals surface area (Å²) in [6.07, 6.45) is 0.809. The Labute approximate surface area is 293 Å². The van der Waals surface area contributed by atoms with Gasteiger partial charge in [0.15, 0.2) is 5.82 Å². The number of hydrogen-bond acceptors (Lipinski definition) is 8. The van der Waals surface area contributed by atoms with Gasteiger partial charge in [-0.1, -0.05) is 6.92 Å². The van der Waals surface area contributed by atoms with Crippen molar-refractivity contribution >= 4 is 40.5 Å². The monoisotopic (exact) mass is 709 g/mol. The summed E-state index contributed by atoms with van der Waals surface area (Å²) < 4.78 is 49.3. The van der Waals surface area contributed by atoms with Crippen molar-refractivity contribution in [1.82, 2.24) is 30.0 Å². The zero-order chi connectivity index (χ0) is 36.3. The molecule has 2 aromatic heterocycles. The average molecular weight is 710 g/mol. The molecule has 4 aromatic rings. The maximum atomic E-state index is 14.0. The van der Waals surface area contributed by atoms with Gasteiger partial charge in [0, 0.05) is 61.1 Å². The van der Waals surface area contributed by atoms with Crippen LogP contribution < -0.4 is 26.0 Å². The summed E-state index contributed by atoms with van der Waals surface area (Å²) in [5, 5.41) is 25.3. The first-order valence-corrected chi connectivity index (χ1v) is 17.1. The number of benzene rings is 2. The van der Waals surface area contributed by atoms with Gasteiger partial charge in [0.25, 0.3) is 0 Å². The Morgan fingerprint density at radius 1 is 0.980 bits per heavy atom. The number of anilines is 3. The van der Waals surface area contributed by atoms with E-state index in [0.717, 1.165) is 66.9 Å². The second-order valence-electron chi connectivity index (χ2n) is 13.2. The minimum Gasteiger partial charge on any atom is -0.490 e. The van der Waals surface area contributed by atoms with Crippen molar-refractivity contribution in [2.45, 2.75) is 76.2 Å². The van der Waals surface area contributed by atoms with Crippen LogP contribution in [0.1, 0.15) is 56.6 Å². The fraction of sp³-hybridized carbons (Fsp3) is 0.457. The standard InChI is InChI=1S/C35H42F3N9O4/c1-4-20-15-21(16-22-19-39-32(44-31(20)22)40-23-5-7-24(8-6-23)42-34(49)50)28-18-30(45-47(28)3)43-33(48)41-25-9-10-29(27(17-25)35(36,37)38)51-26-11-13-46(2)14-12-26/h9-10,15-19,23-24,26,42H,4-8,11-14H2,1-3H3,(H,49,50)(H,39,40,44)(H2,41,43,45,48)/t23-,24-. The minimum atomic E-state index is -4.67. The molecule has 3 heterocycles. The molecule has 2 aliphatic rings. The van der Waals surface area contributed by atoms with E-state index >= 15 is 0 Å². The second-order valence-corrected chi connectivity index (χ2v) is 13.2. The zero-order valence-corrected chi connectivity index (χ0v) is 28.7. The summed E-state index contributed by atoms with van der Waals surface area (Å²) >= 11 is 0. The van der Waals surface area contributed by atoms with Crippen LogP contribution in [0.2, 0.25) is 0 Å². The van der Waals surface area contributed by atoms with Gasteiger partial charge in [0.05, 0.1) is 16.8 Å². The maximum Gasteiger partial charge on any atom is 0.420 e. The predicted octanol–water partition coefficient (Wildman–Crippen LogP) is 6.72. The fourth-order valence-corrected chi connectivity index (χ4v) is 6.74. The van der Waals surface area contributed by atoms with Crippen molar-refractivity contribution in [2.24, 2.45) is 7.05 Å². The summed E-state index contributed by atoms with van der Waals surface area (Å²) in [7, 11) is 3.70. The molecule has 1 aliphatic heterocycles. The summed E-state index contributed by atoms with van der Waals surface area (Å²) in [4.78, 5) is 35.3. The van der Waals surface area contributed by atoms with Crippen molar-refractivity contribution < 1.29 is 32.6 Å². The number of hydrogen-bond donors (Lipinski definition) is 5. The van der Waals surface area contributed by atoms with E-state index in [9.17, 15) is 22.8 Å². The normalized spacial score (nSPS) is 18.7. The van der Waals surface area contributed by atoms with Crippen LogP contribution in [-0.4, -0.2) is 80.2 Å². The van der Waals surface area contributed by atoms with Gasteiger partial charge >= 0.3 is 18.3 Å². The third kappa shape index (κ3) is 8.79. The molecular formula is C35H42F3N9O4. The molecule has 13 nitrogen and oxygen atoms in total. The van der Waals surface area contributed by atoms with Gasteiger partial charge in [-0.2, -0.15) is 18.3 Å². The first-order chi connectivity index (χ1) is 24.3. The number of carbonyl (C=O) groups excluding carboxylic acids is 1. The molecule has 51 heavy (non-hydrogen) atoms. The van der Waals surface area contributed by atoms with E-state index in [-0.39, 0.29) is 35.4 Å². The van der Waals surface area contributed by atoms with E-state index in [1.807, 2.05) is 26.1 Å². The molecule has 0 spiro atoms. The number of rotatable bonds is 9. The number of fused-ring (bicyclic) bond motifs is 1. The lowest BCUT2D eigenvalue weighted by Crippen LogP contribution is -2.39. The van der Waals surface area contributed by atoms with Crippen LogP contribution in [0.4, 0.5) is 40.2 Å². The molecule has 0 radical (unpaired) electrons. The number of ether oxygens (including phenoxy) is 1. The van der Waals surface area contributed by atoms with Crippen LogP contribution in [-0.2, 0) is 19.6 Å². The third-order valence-electron chi connectivity index (χ3n) is 9.45. The van der Waals surface area contributed by atoms with Gasteiger partial charge in [0.2, 0.25) is 5.95 Å². The Balaban J connectivity index is 1.12. The van der Waals surface area contributed by atoms with Crippen LogP contribution >= 0.6 is 0 Å². The lowest BCUT2D eigenvalue weighted by atomic mass is 9.91. The molecule has 3 amide bonds. The average Bonchev–Trinajstić information content (AvgIpc) is 3.45. The Morgan fingerprint density at radius 3 is 2.39 bits per heavy atom. The van der Waals surface area contributed by atoms with E-state index in [1.165, 1.54) is 12.1 Å². The number of nitrogens with one attached hydrogen (secondary N) is 4. The van der Waals surface area contributed by atoms with Gasteiger partial charge in [-0.25, -0.2) is 19.6 Å². The first-order valence-electron chi connectivity index (χ1n) is 17.1. The molecule has 0 unspecified atom stereocenters. The number of likely N-dealkylation sites (tertiary alicyclic amines) is 1. The summed E-state index contributed by atoms with van der Waals surface area (Å²) in [5.41, 5.74) is 2.33. The van der Waals surface area contributed by atoms with Crippen LogP contribution in [0.5, 0.6) is 5.75 Å². The molecule has 272 valence electrons. The number of carboxylic acid groups (broad SMARTS) is 1. The first kappa shape index (κ1) is 35.7. The predicted molar refractivity (Wildman–Crippen MR) is 187 cm³/mol. The number of carbonyl (C=O) groups is 2. The summed E-state index contributed by atoms with van der Waals surface area (Å²) in [6.45, 7) is 3.52. The highest BCUT2D eigenvalue weighted by molar-refractivity contribution is 5.99. The number of alkyl halides is 3. The Hall–Kier alpha value is -5.12. The van der Waals surface area contributed by atoms with Crippen molar-refractivity contribution in [3.8, 4) is 17.0 Å². The molecule has 1 saturated heterocycles. The zero-order valence-electron chi connectivity index (χ0n) is 28.7. The molecule has 6 rings (SSSR count). The molecule has 1 saturated carbocycles. The second kappa shape index (κ2) is 15.0. The summed E-state index contributed by atoms with van der Waals surface area (Å²) in [6, 6.07) is 8.50. The number of aryl methyl sites for hydroxylation is 2. The van der Waals surface area contributed by atoms with Crippen molar-refractivity contribution in [3.05, 3.63) is 53.7 Å². The maximum absolute atomic E-state index is 14.0. The number of nitrogens with zero attached hydrogens (tertiary/aromatic N) is 5. The molecule has 0 atom stereocenters. The molecule has 5 N–H and O–H groups in total. The Bertz CT molecular complexity index is 1880. The molecule has 2 aromatic carbocycles. The largest absolute Gasteiger partial charge is 0.490 e. The number of halogens is 3. The third-order valence-corrected chi connectivity index (χ3v) is 9.45. The lowest BCUT2D eigenvalue weighted by Gasteiger charge is -2.30. The van der Waals surface area contributed by atoms with Gasteiger partial charge in [-0.3, -0.25) is 10.00 Å². The Morgan fingerprint density at radius 2 is 1.71 bits per heavy atom. The van der Waals surface area contributed by atoms with E-state index in [1.54, 1.807) is 24.0 Å². The summed E-state index contributed by atoms with van der Waals surface area (Å²) in [5.74, 6) is 0.469. The van der Waals surface area contributed by atoms with Crippen LogP contribution in [0.15, 0.2) is 42.6 Å². The topological polar surface area (TPSA) is 159 Å². The number of piperidine rings is 1. The van der Waals surface area contributed by atoms with Gasteiger partial charge < -0.3 is 30.7 Å². The van der Waals surface area contributed by atoms with E-state index in [2.05, 4.69) is 36.2 Å². The minimum absolute atomic E-state index is 0.0365. The molecule has 2 fully saturated rings. The number of amides is 3. The van der Waals surface area contributed by atoms with Crippen molar-refractivity contribution in [1.29, 1.82) is 0 Å². The lowest BCUT2D eigenvalue weighted by molar-refractivity contribution is -0.139.